The minimum absolute atomic E-state index is 0.117. The van der Waals surface area contributed by atoms with Gasteiger partial charge < -0.3 is 10.5 Å². The summed E-state index contributed by atoms with van der Waals surface area (Å²) in [5.41, 5.74) is 7.04. The van der Waals surface area contributed by atoms with E-state index in [0.717, 1.165) is 36.1 Å². The van der Waals surface area contributed by atoms with E-state index in [0.29, 0.717) is 5.92 Å². The number of hydrogen-bond donors (Lipinski definition) is 1. The van der Waals surface area contributed by atoms with Crippen molar-refractivity contribution >= 4 is 15.9 Å². The zero-order valence-corrected chi connectivity index (χ0v) is 10.5. The van der Waals surface area contributed by atoms with Crippen LogP contribution in [0.5, 0.6) is 0 Å². The van der Waals surface area contributed by atoms with Crippen LogP contribution >= 0.6 is 15.9 Å². The molecule has 1 atom stereocenters. The highest BCUT2D eigenvalue weighted by Crippen LogP contribution is 2.32. The molecular formula is C12H15BrFNO. The first-order valence-corrected chi connectivity index (χ1v) is 6.26. The highest BCUT2D eigenvalue weighted by molar-refractivity contribution is 9.10. The lowest BCUT2D eigenvalue weighted by Gasteiger charge is -2.28. The molecule has 0 radical (unpaired) electrons. The Bertz CT molecular complexity index is 366. The van der Waals surface area contributed by atoms with Crippen molar-refractivity contribution in [1.29, 1.82) is 0 Å². The van der Waals surface area contributed by atoms with Crippen LogP contribution in [0.2, 0.25) is 0 Å². The second-order valence-electron chi connectivity index (χ2n) is 4.14. The smallest absolute Gasteiger partial charge is 0.123 e. The highest BCUT2D eigenvalue weighted by Gasteiger charge is 2.23. The monoisotopic (exact) mass is 287 g/mol. The summed E-state index contributed by atoms with van der Waals surface area (Å²) in [5.74, 6) is 0.146. The van der Waals surface area contributed by atoms with Crippen LogP contribution in [0.4, 0.5) is 4.39 Å². The summed E-state index contributed by atoms with van der Waals surface area (Å²) >= 11 is 3.42. The van der Waals surface area contributed by atoms with Crippen molar-refractivity contribution in [3.05, 3.63) is 34.1 Å². The second-order valence-corrected chi connectivity index (χ2v) is 5.00. The van der Waals surface area contributed by atoms with E-state index >= 15 is 0 Å². The summed E-state index contributed by atoms with van der Waals surface area (Å²) in [6, 6.07) is 4.55. The summed E-state index contributed by atoms with van der Waals surface area (Å²) < 4.78 is 19.4. The molecule has 1 aromatic rings. The highest BCUT2D eigenvalue weighted by atomic mass is 79.9. The van der Waals surface area contributed by atoms with Crippen molar-refractivity contribution in [2.24, 2.45) is 11.7 Å². The third-order valence-electron chi connectivity index (χ3n) is 3.09. The van der Waals surface area contributed by atoms with Crippen molar-refractivity contribution < 1.29 is 9.13 Å². The second kappa shape index (κ2) is 5.25. The van der Waals surface area contributed by atoms with Gasteiger partial charge in [-0.25, -0.2) is 4.39 Å². The Labute approximate surface area is 103 Å². The molecule has 1 heterocycles. The van der Waals surface area contributed by atoms with Crippen molar-refractivity contribution in [3.63, 3.8) is 0 Å². The third-order valence-corrected chi connectivity index (χ3v) is 3.81. The molecule has 1 aliphatic heterocycles. The summed E-state index contributed by atoms with van der Waals surface area (Å²) in [7, 11) is 0. The molecule has 1 aliphatic rings. The topological polar surface area (TPSA) is 35.2 Å². The molecule has 0 bridgehead atoms. The minimum Gasteiger partial charge on any atom is -0.381 e. The van der Waals surface area contributed by atoms with E-state index in [1.54, 1.807) is 6.07 Å². The Morgan fingerprint density at radius 3 is 2.75 bits per heavy atom. The van der Waals surface area contributed by atoms with Crippen molar-refractivity contribution in [2.75, 3.05) is 13.2 Å². The maximum Gasteiger partial charge on any atom is 0.123 e. The fourth-order valence-corrected chi connectivity index (χ4v) is 2.61. The summed E-state index contributed by atoms with van der Waals surface area (Å²) in [6.45, 7) is 1.51. The van der Waals surface area contributed by atoms with Gasteiger partial charge in [-0.15, -0.1) is 0 Å². The largest absolute Gasteiger partial charge is 0.381 e. The van der Waals surface area contributed by atoms with Crippen LogP contribution in [0.25, 0.3) is 0 Å². The van der Waals surface area contributed by atoms with E-state index in [4.69, 9.17) is 10.5 Å². The Hall–Kier alpha value is -0.450. The first-order valence-electron chi connectivity index (χ1n) is 5.47. The van der Waals surface area contributed by atoms with Crippen LogP contribution in [0.1, 0.15) is 24.4 Å². The molecule has 2 N–H and O–H groups in total. The van der Waals surface area contributed by atoms with Gasteiger partial charge in [-0.05, 0) is 42.5 Å². The van der Waals surface area contributed by atoms with Crippen LogP contribution in [0.15, 0.2) is 22.7 Å². The lowest BCUT2D eigenvalue weighted by Crippen LogP contribution is -2.27. The summed E-state index contributed by atoms with van der Waals surface area (Å²) in [6.07, 6.45) is 1.90. The predicted molar refractivity (Wildman–Crippen MR) is 64.6 cm³/mol. The SMILES string of the molecule is N[C@H](c1cc(F)ccc1Br)C1CCOCC1. The lowest BCUT2D eigenvalue weighted by molar-refractivity contribution is 0.0583. The number of nitrogens with two attached hydrogens (primary N) is 1. The molecule has 0 unspecified atom stereocenters. The van der Waals surface area contributed by atoms with E-state index in [1.807, 2.05) is 0 Å². The van der Waals surface area contributed by atoms with E-state index in [-0.39, 0.29) is 11.9 Å². The Kier molecular flexibility index (Phi) is 3.95. The predicted octanol–water partition coefficient (Wildman–Crippen LogP) is 3.01. The van der Waals surface area contributed by atoms with Gasteiger partial charge in [0.15, 0.2) is 0 Å². The van der Waals surface area contributed by atoms with Gasteiger partial charge in [0.05, 0.1) is 0 Å². The molecule has 2 nitrogen and oxygen atoms in total. The minimum atomic E-state index is -0.235. The Morgan fingerprint density at radius 2 is 2.06 bits per heavy atom. The molecule has 0 aliphatic carbocycles. The van der Waals surface area contributed by atoms with Gasteiger partial charge in [0.2, 0.25) is 0 Å². The van der Waals surface area contributed by atoms with E-state index in [2.05, 4.69) is 15.9 Å². The van der Waals surface area contributed by atoms with Crippen LogP contribution in [-0.2, 0) is 4.74 Å². The van der Waals surface area contributed by atoms with Gasteiger partial charge in [0.25, 0.3) is 0 Å². The van der Waals surface area contributed by atoms with Crippen LogP contribution in [-0.4, -0.2) is 13.2 Å². The van der Waals surface area contributed by atoms with Crippen molar-refractivity contribution in [1.82, 2.24) is 0 Å². The fourth-order valence-electron chi connectivity index (χ4n) is 2.10. The molecule has 0 aromatic heterocycles. The normalized spacial score (nSPS) is 19.7. The van der Waals surface area contributed by atoms with E-state index in [1.165, 1.54) is 12.1 Å². The molecule has 0 saturated carbocycles. The van der Waals surface area contributed by atoms with E-state index in [9.17, 15) is 4.39 Å². The van der Waals surface area contributed by atoms with Gasteiger partial charge in [0, 0.05) is 23.7 Å². The van der Waals surface area contributed by atoms with Gasteiger partial charge in [-0.2, -0.15) is 0 Å². The summed E-state index contributed by atoms with van der Waals surface area (Å²) in [5, 5.41) is 0. The maximum absolute atomic E-state index is 13.2. The van der Waals surface area contributed by atoms with Gasteiger partial charge in [-0.1, -0.05) is 15.9 Å². The standard InChI is InChI=1S/C12H15BrFNO/c13-11-2-1-9(14)7-10(11)12(15)8-3-5-16-6-4-8/h1-2,7-8,12H,3-6,15H2/t12-/m0/s1. The van der Waals surface area contributed by atoms with Crippen molar-refractivity contribution in [3.8, 4) is 0 Å². The quantitative estimate of drug-likeness (QED) is 0.908. The number of rotatable bonds is 2. The maximum atomic E-state index is 13.2. The number of ether oxygens (including phenoxy) is 1. The molecule has 0 spiro atoms. The molecule has 4 heteroatoms. The lowest BCUT2D eigenvalue weighted by atomic mass is 9.88. The van der Waals surface area contributed by atoms with E-state index < -0.39 is 0 Å². The first kappa shape index (κ1) is 12.0. The summed E-state index contributed by atoms with van der Waals surface area (Å²) in [4.78, 5) is 0. The molecule has 1 aromatic carbocycles. The average Bonchev–Trinajstić information content (AvgIpc) is 2.32. The molecule has 0 amide bonds. The molecule has 1 fully saturated rings. The number of hydrogen-bond acceptors (Lipinski definition) is 2. The van der Waals surface area contributed by atoms with Gasteiger partial charge in [-0.3, -0.25) is 0 Å². The van der Waals surface area contributed by atoms with Gasteiger partial charge in [0.1, 0.15) is 5.82 Å². The van der Waals surface area contributed by atoms with Crippen LogP contribution < -0.4 is 5.73 Å². The van der Waals surface area contributed by atoms with Gasteiger partial charge >= 0.3 is 0 Å². The Balaban J connectivity index is 2.18. The average molecular weight is 288 g/mol. The number of halogens is 2. The third kappa shape index (κ3) is 2.62. The number of benzene rings is 1. The molecule has 88 valence electrons. The zero-order chi connectivity index (χ0) is 11.5. The molecule has 1 saturated heterocycles. The van der Waals surface area contributed by atoms with Crippen molar-refractivity contribution in [2.45, 2.75) is 18.9 Å². The zero-order valence-electron chi connectivity index (χ0n) is 8.96. The first-order chi connectivity index (χ1) is 7.68. The fraction of sp³-hybridized carbons (Fsp3) is 0.500. The Morgan fingerprint density at radius 1 is 1.38 bits per heavy atom. The molecule has 16 heavy (non-hydrogen) atoms. The molecule has 2 rings (SSSR count). The van der Waals surface area contributed by atoms with Crippen LogP contribution in [0.3, 0.4) is 0 Å². The van der Waals surface area contributed by atoms with Crippen LogP contribution in [0, 0.1) is 11.7 Å². The molecular weight excluding hydrogens is 273 g/mol.